The van der Waals surface area contributed by atoms with E-state index in [9.17, 15) is 0 Å². The molecule has 24 heavy (non-hydrogen) atoms. The van der Waals surface area contributed by atoms with Crippen LogP contribution < -0.4 is 0 Å². The molecule has 0 aliphatic carbocycles. The van der Waals surface area contributed by atoms with Crippen LogP contribution in [0.3, 0.4) is 0 Å². The maximum atomic E-state index is 4.52. The average molecular weight is 339 g/mol. The second kappa shape index (κ2) is 6.93. The highest BCUT2D eigenvalue weighted by atomic mass is 32.1. The Hall–Kier alpha value is -1.89. The van der Waals surface area contributed by atoms with Crippen LogP contribution in [0, 0.1) is 6.92 Å². The lowest BCUT2D eigenvalue weighted by Gasteiger charge is -2.34. The summed E-state index contributed by atoms with van der Waals surface area (Å²) in [6.07, 6.45) is 1.89. The summed E-state index contributed by atoms with van der Waals surface area (Å²) < 4.78 is 8.60. The van der Waals surface area contributed by atoms with E-state index in [0.29, 0.717) is 0 Å². The summed E-state index contributed by atoms with van der Waals surface area (Å²) >= 11 is 1.28. The van der Waals surface area contributed by atoms with Crippen molar-refractivity contribution in [1.82, 2.24) is 23.5 Å². The first-order valence-electron chi connectivity index (χ1n) is 8.34. The largest absolute Gasteiger partial charge is 0.297 e. The fourth-order valence-corrected chi connectivity index (χ4v) is 3.70. The van der Waals surface area contributed by atoms with E-state index >= 15 is 0 Å². The molecule has 2 aromatic heterocycles. The van der Waals surface area contributed by atoms with Crippen LogP contribution >= 0.6 is 11.7 Å². The number of piperazine rings is 1. The molecule has 1 aliphatic rings. The van der Waals surface area contributed by atoms with E-state index in [0.717, 1.165) is 50.3 Å². The molecule has 0 spiro atoms. The highest BCUT2D eigenvalue weighted by Crippen LogP contribution is 2.16. The van der Waals surface area contributed by atoms with Crippen LogP contribution in [0.4, 0.5) is 0 Å². The van der Waals surface area contributed by atoms with Crippen molar-refractivity contribution in [3.05, 3.63) is 53.3 Å². The van der Waals surface area contributed by atoms with E-state index in [4.69, 9.17) is 0 Å². The SMILES string of the molecule is Cc1cccnc1CN1CCN(Cc2ccc3nsnc3c2)CC1. The molecule has 0 N–H and O–H groups in total. The van der Waals surface area contributed by atoms with Gasteiger partial charge in [-0.1, -0.05) is 12.1 Å². The molecule has 0 amide bonds. The molecule has 3 heterocycles. The van der Waals surface area contributed by atoms with Crippen LogP contribution in [0.1, 0.15) is 16.8 Å². The van der Waals surface area contributed by atoms with Gasteiger partial charge in [0, 0.05) is 45.5 Å². The van der Waals surface area contributed by atoms with E-state index in [1.807, 2.05) is 12.3 Å². The topological polar surface area (TPSA) is 45.2 Å². The fraction of sp³-hybridized carbons (Fsp3) is 0.389. The molecule has 5 nitrogen and oxygen atoms in total. The Labute approximate surface area is 146 Å². The maximum absolute atomic E-state index is 4.52. The number of nitrogens with zero attached hydrogens (tertiary/aromatic N) is 5. The molecule has 1 saturated heterocycles. The molecule has 124 valence electrons. The highest BCUT2D eigenvalue weighted by Gasteiger charge is 2.18. The van der Waals surface area contributed by atoms with Crippen molar-refractivity contribution in [3.63, 3.8) is 0 Å². The predicted octanol–water partition coefficient (Wildman–Crippen LogP) is 2.71. The van der Waals surface area contributed by atoms with Gasteiger partial charge in [0.05, 0.1) is 17.4 Å². The molecule has 0 bridgehead atoms. The molecule has 4 rings (SSSR count). The van der Waals surface area contributed by atoms with Crippen molar-refractivity contribution in [3.8, 4) is 0 Å². The Morgan fingerprint density at radius 3 is 2.50 bits per heavy atom. The number of hydrogen-bond donors (Lipinski definition) is 0. The molecular weight excluding hydrogens is 318 g/mol. The molecule has 6 heteroatoms. The van der Waals surface area contributed by atoms with E-state index in [1.165, 1.54) is 28.5 Å². The molecule has 0 radical (unpaired) electrons. The monoisotopic (exact) mass is 339 g/mol. The predicted molar refractivity (Wildman–Crippen MR) is 96.9 cm³/mol. The molecule has 1 fully saturated rings. The summed E-state index contributed by atoms with van der Waals surface area (Å²) in [7, 11) is 0. The van der Waals surface area contributed by atoms with Crippen molar-refractivity contribution < 1.29 is 0 Å². The minimum Gasteiger partial charge on any atom is -0.297 e. The van der Waals surface area contributed by atoms with Crippen LogP contribution in [0.5, 0.6) is 0 Å². The van der Waals surface area contributed by atoms with Crippen LogP contribution in [-0.4, -0.2) is 49.7 Å². The third kappa shape index (κ3) is 3.45. The van der Waals surface area contributed by atoms with Gasteiger partial charge in [0.1, 0.15) is 11.0 Å². The lowest BCUT2D eigenvalue weighted by molar-refractivity contribution is 0.121. The zero-order valence-electron chi connectivity index (χ0n) is 13.9. The van der Waals surface area contributed by atoms with Crippen molar-refractivity contribution in [2.75, 3.05) is 26.2 Å². The summed E-state index contributed by atoms with van der Waals surface area (Å²) in [4.78, 5) is 9.53. The number of rotatable bonds is 4. The highest BCUT2D eigenvalue weighted by molar-refractivity contribution is 7.00. The summed E-state index contributed by atoms with van der Waals surface area (Å²) in [6, 6.07) is 10.6. The van der Waals surface area contributed by atoms with Gasteiger partial charge in [0.25, 0.3) is 0 Å². The summed E-state index contributed by atoms with van der Waals surface area (Å²) in [5, 5.41) is 0. The molecule has 0 atom stereocenters. The lowest BCUT2D eigenvalue weighted by Crippen LogP contribution is -2.45. The Kier molecular flexibility index (Phi) is 4.51. The van der Waals surface area contributed by atoms with Gasteiger partial charge in [-0.15, -0.1) is 0 Å². The minimum atomic E-state index is 0.955. The fourth-order valence-electron chi connectivity index (χ4n) is 3.19. The standard InChI is InChI=1S/C18H21N5S/c1-14-3-2-6-19-18(14)13-23-9-7-22(8-10-23)12-15-4-5-16-17(11-15)21-24-20-16/h2-6,11H,7-10,12-13H2,1H3. The van der Waals surface area contributed by atoms with Gasteiger partial charge in [-0.05, 0) is 36.2 Å². The number of benzene rings is 1. The quantitative estimate of drug-likeness (QED) is 0.731. The van der Waals surface area contributed by atoms with E-state index < -0.39 is 0 Å². The van der Waals surface area contributed by atoms with Crippen molar-refractivity contribution in [2.24, 2.45) is 0 Å². The van der Waals surface area contributed by atoms with E-state index in [2.05, 4.69) is 54.7 Å². The van der Waals surface area contributed by atoms with Gasteiger partial charge < -0.3 is 0 Å². The Morgan fingerprint density at radius 2 is 1.71 bits per heavy atom. The summed E-state index contributed by atoms with van der Waals surface area (Å²) in [5.74, 6) is 0. The third-order valence-corrected chi connectivity index (χ3v) is 5.24. The van der Waals surface area contributed by atoms with Gasteiger partial charge in [0.2, 0.25) is 0 Å². The zero-order chi connectivity index (χ0) is 16.4. The molecule has 1 aromatic carbocycles. The Morgan fingerprint density at radius 1 is 0.958 bits per heavy atom. The second-order valence-corrected chi connectivity index (χ2v) is 6.94. The smallest absolute Gasteiger partial charge is 0.105 e. The van der Waals surface area contributed by atoms with E-state index in [-0.39, 0.29) is 0 Å². The molecule has 0 unspecified atom stereocenters. The van der Waals surface area contributed by atoms with Gasteiger partial charge in [0.15, 0.2) is 0 Å². The van der Waals surface area contributed by atoms with Crippen LogP contribution in [-0.2, 0) is 13.1 Å². The lowest BCUT2D eigenvalue weighted by atomic mass is 10.1. The first-order chi connectivity index (χ1) is 11.8. The normalized spacial score (nSPS) is 16.7. The molecular formula is C18H21N5S. The van der Waals surface area contributed by atoms with Crippen molar-refractivity contribution in [1.29, 1.82) is 0 Å². The van der Waals surface area contributed by atoms with E-state index in [1.54, 1.807) is 0 Å². The van der Waals surface area contributed by atoms with Gasteiger partial charge in [-0.25, -0.2) is 0 Å². The van der Waals surface area contributed by atoms with Crippen molar-refractivity contribution >= 4 is 22.8 Å². The number of pyridine rings is 1. The summed E-state index contributed by atoms with van der Waals surface area (Å²) in [6.45, 7) is 8.47. The van der Waals surface area contributed by atoms with Gasteiger partial charge in [-0.2, -0.15) is 8.75 Å². The first kappa shape index (κ1) is 15.6. The molecule has 1 aliphatic heterocycles. The van der Waals surface area contributed by atoms with Gasteiger partial charge in [-0.3, -0.25) is 14.8 Å². The third-order valence-electron chi connectivity index (χ3n) is 4.68. The number of fused-ring (bicyclic) bond motifs is 1. The zero-order valence-corrected chi connectivity index (χ0v) is 14.7. The maximum Gasteiger partial charge on any atom is 0.105 e. The van der Waals surface area contributed by atoms with Crippen LogP contribution in [0.25, 0.3) is 11.0 Å². The average Bonchev–Trinajstić information content (AvgIpc) is 3.06. The van der Waals surface area contributed by atoms with Crippen LogP contribution in [0.2, 0.25) is 0 Å². The van der Waals surface area contributed by atoms with Gasteiger partial charge >= 0.3 is 0 Å². The molecule has 0 saturated carbocycles. The Balaban J connectivity index is 1.33. The Bertz CT molecular complexity index is 823. The number of aromatic nitrogens is 3. The minimum absolute atomic E-state index is 0.955. The van der Waals surface area contributed by atoms with Crippen LogP contribution in [0.15, 0.2) is 36.5 Å². The summed E-state index contributed by atoms with van der Waals surface area (Å²) in [5.41, 5.74) is 5.82. The first-order valence-corrected chi connectivity index (χ1v) is 9.07. The van der Waals surface area contributed by atoms with Crippen molar-refractivity contribution in [2.45, 2.75) is 20.0 Å². The number of aryl methyl sites for hydroxylation is 1. The molecule has 3 aromatic rings. The second-order valence-electron chi connectivity index (χ2n) is 6.41. The number of hydrogen-bond acceptors (Lipinski definition) is 6.